The maximum Gasteiger partial charge on any atom is 0.158 e. The molecule has 0 unspecified atom stereocenters. The summed E-state index contributed by atoms with van der Waals surface area (Å²) in [7, 11) is 0. The minimum atomic E-state index is 0.717. The second kappa shape index (κ2) is 3.92. The fourth-order valence-corrected chi connectivity index (χ4v) is 2.24. The summed E-state index contributed by atoms with van der Waals surface area (Å²) in [5.41, 5.74) is 1.04. The highest BCUT2D eigenvalue weighted by Crippen LogP contribution is 2.18. The number of hydrogen-bond acceptors (Lipinski definition) is 3. The Bertz CT molecular complexity index is 670. The highest BCUT2D eigenvalue weighted by atomic mass is 79.9. The van der Waals surface area contributed by atoms with Crippen LogP contribution in [0.3, 0.4) is 0 Å². The Morgan fingerprint density at radius 2 is 2.00 bits per heavy atom. The van der Waals surface area contributed by atoms with Crippen LogP contribution < -0.4 is 0 Å². The van der Waals surface area contributed by atoms with Gasteiger partial charge < -0.3 is 0 Å². The van der Waals surface area contributed by atoms with Gasteiger partial charge in [0.25, 0.3) is 0 Å². The zero-order valence-electron chi connectivity index (χ0n) is 9.13. The Hall–Kier alpha value is -1.75. The van der Waals surface area contributed by atoms with Crippen molar-refractivity contribution in [1.29, 1.82) is 0 Å². The van der Waals surface area contributed by atoms with E-state index in [1.807, 2.05) is 48.1 Å². The van der Waals surface area contributed by atoms with Crippen molar-refractivity contribution in [3.8, 4) is 5.82 Å². The topological polar surface area (TPSA) is 43.6 Å². The number of hydrogen-bond donors (Lipinski definition) is 0. The van der Waals surface area contributed by atoms with Crippen LogP contribution in [0.15, 0.2) is 41.1 Å². The van der Waals surface area contributed by atoms with Crippen LogP contribution >= 0.6 is 15.9 Å². The van der Waals surface area contributed by atoms with Crippen molar-refractivity contribution in [2.24, 2.45) is 0 Å². The fraction of sp³-hybridized carbons (Fsp3) is 0.0833. The second-order valence-corrected chi connectivity index (χ2v) is 4.52. The molecule has 84 valence electrons. The number of benzene rings is 1. The summed E-state index contributed by atoms with van der Waals surface area (Å²) in [4.78, 5) is 8.57. The molecule has 0 radical (unpaired) electrons. The van der Waals surface area contributed by atoms with Gasteiger partial charge in [0.1, 0.15) is 10.4 Å². The lowest BCUT2D eigenvalue weighted by molar-refractivity contribution is 0.848. The first-order valence-corrected chi connectivity index (χ1v) is 5.98. The van der Waals surface area contributed by atoms with E-state index in [1.54, 1.807) is 0 Å². The molecule has 0 spiro atoms. The molecule has 0 saturated carbocycles. The molecule has 0 bridgehead atoms. The smallest absolute Gasteiger partial charge is 0.158 e. The average Bonchev–Trinajstić information content (AvgIpc) is 2.71. The lowest BCUT2D eigenvalue weighted by Crippen LogP contribution is -2.02. The maximum absolute atomic E-state index is 4.39. The molecule has 17 heavy (non-hydrogen) atoms. The Balaban J connectivity index is 2.27. The molecule has 2 heterocycles. The van der Waals surface area contributed by atoms with Crippen LogP contribution in [0.1, 0.15) is 5.82 Å². The van der Waals surface area contributed by atoms with Gasteiger partial charge in [-0.2, -0.15) is 5.10 Å². The summed E-state index contributed by atoms with van der Waals surface area (Å²) in [5.74, 6) is 1.49. The van der Waals surface area contributed by atoms with Gasteiger partial charge in [0.15, 0.2) is 5.82 Å². The number of aryl methyl sites for hydroxylation is 1. The number of nitrogens with zero attached hydrogens (tertiary/aromatic N) is 4. The normalized spacial score (nSPS) is 10.9. The van der Waals surface area contributed by atoms with Crippen LogP contribution in [0, 0.1) is 6.92 Å². The van der Waals surface area contributed by atoms with E-state index in [0.29, 0.717) is 5.82 Å². The van der Waals surface area contributed by atoms with Gasteiger partial charge in [0.05, 0.1) is 11.7 Å². The molecule has 4 nitrogen and oxygen atoms in total. The van der Waals surface area contributed by atoms with E-state index in [-0.39, 0.29) is 0 Å². The molecular formula is C12H9BrN4. The highest BCUT2D eigenvalue weighted by Gasteiger charge is 2.07. The molecule has 0 fully saturated rings. The summed E-state index contributed by atoms with van der Waals surface area (Å²) in [6.45, 7) is 1.86. The minimum absolute atomic E-state index is 0.717. The zero-order valence-corrected chi connectivity index (χ0v) is 10.7. The van der Waals surface area contributed by atoms with Crippen LogP contribution in [0.25, 0.3) is 16.7 Å². The van der Waals surface area contributed by atoms with E-state index in [4.69, 9.17) is 0 Å². The molecule has 0 N–H and O–H groups in total. The molecular weight excluding hydrogens is 280 g/mol. The minimum Gasteiger partial charge on any atom is -0.226 e. The van der Waals surface area contributed by atoms with Crippen LogP contribution in [0.2, 0.25) is 0 Å². The Morgan fingerprint density at radius 1 is 1.18 bits per heavy atom. The fourth-order valence-electron chi connectivity index (χ4n) is 1.78. The molecule has 0 aliphatic rings. The Labute approximate surface area is 106 Å². The zero-order chi connectivity index (χ0) is 11.8. The van der Waals surface area contributed by atoms with E-state index in [2.05, 4.69) is 31.0 Å². The maximum atomic E-state index is 4.39. The predicted molar refractivity (Wildman–Crippen MR) is 69.1 cm³/mol. The number of rotatable bonds is 1. The van der Waals surface area contributed by atoms with Crippen molar-refractivity contribution in [2.45, 2.75) is 6.92 Å². The first kappa shape index (κ1) is 10.4. The van der Waals surface area contributed by atoms with Crippen molar-refractivity contribution in [1.82, 2.24) is 19.7 Å². The lowest BCUT2D eigenvalue weighted by atomic mass is 10.2. The molecule has 0 amide bonds. The van der Waals surface area contributed by atoms with Crippen LogP contribution in [0.5, 0.6) is 0 Å². The summed E-state index contributed by atoms with van der Waals surface area (Å²) < 4.78 is 2.58. The number of fused-ring (bicyclic) bond motifs is 1. The van der Waals surface area contributed by atoms with Crippen molar-refractivity contribution in [3.63, 3.8) is 0 Å². The number of aromatic nitrogens is 4. The molecule has 0 atom stereocenters. The van der Waals surface area contributed by atoms with Gasteiger partial charge in [-0.05, 0) is 28.9 Å². The van der Waals surface area contributed by atoms with Crippen molar-refractivity contribution >= 4 is 26.8 Å². The van der Waals surface area contributed by atoms with E-state index in [1.165, 1.54) is 0 Å². The van der Waals surface area contributed by atoms with E-state index in [0.717, 1.165) is 21.3 Å². The van der Waals surface area contributed by atoms with Gasteiger partial charge in [-0.25, -0.2) is 14.6 Å². The van der Waals surface area contributed by atoms with Gasteiger partial charge in [-0.15, -0.1) is 0 Å². The van der Waals surface area contributed by atoms with Gasteiger partial charge >= 0.3 is 0 Å². The Morgan fingerprint density at radius 3 is 2.82 bits per heavy atom. The van der Waals surface area contributed by atoms with Gasteiger partial charge in [-0.1, -0.05) is 18.2 Å². The van der Waals surface area contributed by atoms with E-state index in [9.17, 15) is 0 Å². The Kier molecular flexibility index (Phi) is 2.40. The summed E-state index contributed by atoms with van der Waals surface area (Å²) in [6.07, 6.45) is 1.83. The summed E-state index contributed by atoms with van der Waals surface area (Å²) in [6, 6.07) is 9.89. The quantitative estimate of drug-likeness (QED) is 0.647. The van der Waals surface area contributed by atoms with Crippen LogP contribution in [0.4, 0.5) is 0 Å². The third-order valence-corrected chi connectivity index (χ3v) is 2.89. The number of halogens is 1. The molecule has 0 aliphatic carbocycles. The van der Waals surface area contributed by atoms with Crippen LogP contribution in [-0.4, -0.2) is 19.7 Å². The van der Waals surface area contributed by atoms with E-state index >= 15 is 0 Å². The largest absolute Gasteiger partial charge is 0.226 e. The van der Waals surface area contributed by atoms with Crippen molar-refractivity contribution in [3.05, 3.63) is 47.0 Å². The third-order valence-electron chi connectivity index (χ3n) is 2.49. The molecule has 3 rings (SSSR count). The molecule has 2 aromatic heterocycles. The first-order valence-electron chi connectivity index (χ1n) is 5.18. The average molecular weight is 289 g/mol. The second-order valence-electron chi connectivity index (χ2n) is 3.71. The van der Waals surface area contributed by atoms with Crippen LogP contribution in [-0.2, 0) is 0 Å². The van der Waals surface area contributed by atoms with Gasteiger partial charge in [-0.3, -0.25) is 0 Å². The summed E-state index contributed by atoms with van der Waals surface area (Å²) in [5, 5.41) is 5.45. The third kappa shape index (κ3) is 1.82. The standard InChI is InChI=1S/C12H9BrN4/c1-8-15-11(13)6-12(16-8)17-10-5-3-2-4-9(10)7-14-17/h2-7H,1H3. The monoisotopic (exact) mass is 288 g/mol. The predicted octanol–water partition coefficient (Wildman–Crippen LogP) is 2.89. The van der Waals surface area contributed by atoms with E-state index < -0.39 is 0 Å². The molecule has 5 heteroatoms. The molecule has 3 aromatic rings. The highest BCUT2D eigenvalue weighted by molar-refractivity contribution is 9.10. The van der Waals surface area contributed by atoms with Gasteiger partial charge in [0, 0.05) is 11.5 Å². The van der Waals surface area contributed by atoms with Crippen molar-refractivity contribution < 1.29 is 0 Å². The SMILES string of the molecule is Cc1nc(Br)cc(-n2ncc3ccccc32)n1. The van der Waals surface area contributed by atoms with Crippen molar-refractivity contribution in [2.75, 3.05) is 0 Å². The number of para-hydroxylation sites is 1. The molecule has 0 saturated heterocycles. The lowest BCUT2D eigenvalue weighted by Gasteiger charge is -2.03. The molecule has 1 aromatic carbocycles. The molecule has 0 aliphatic heterocycles. The summed E-state index contributed by atoms with van der Waals surface area (Å²) >= 11 is 3.37. The first-order chi connectivity index (χ1) is 8.24. The van der Waals surface area contributed by atoms with Gasteiger partial charge in [0.2, 0.25) is 0 Å².